The molecule has 2 aromatic heterocycles. The number of hydrogen-bond acceptors (Lipinski definition) is 6. The van der Waals surface area contributed by atoms with E-state index in [-0.39, 0.29) is 5.28 Å². The van der Waals surface area contributed by atoms with Crippen molar-refractivity contribution in [2.24, 2.45) is 7.05 Å². The zero-order valence-corrected chi connectivity index (χ0v) is 12.0. The van der Waals surface area contributed by atoms with E-state index in [0.29, 0.717) is 11.1 Å². The molecule has 1 saturated heterocycles. The third-order valence-electron chi connectivity index (χ3n) is 2.92. The number of nitrogens with zero attached hydrogens (tertiary/aromatic N) is 6. The molecule has 0 amide bonds. The van der Waals surface area contributed by atoms with Gasteiger partial charge in [-0.2, -0.15) is 15.0 Å². The van der Waals surface area contributed by atoms with Crippen molar-refractivity contribution < 1.29 is 0 Å². The van der Waals surface area contributed by atoms with Crippen molar-refractivity contribution in [1.29, 1.82) is 0 Å². The van der Waals surface area contributed by atoms with Gasteiger partial charge in [-0.3, -0.25) is 0 Å². The van der Waals surface area contributed by atoms with Gasteiger partial charge in [0.15, 0.2) is 5.16 Å². The highest BCUT2D eigenvalue weighted by Gasteiger charge is 2.17. The van der Waals surface area contributed by atoms with Crippen LogP contribution in [0.15, 0.2) is 22.7 Å². The second kappa shape index (κ2) is 5.34. The van der Waals surface area contributed by atoms with Crippen molar-refractivity contribution in [3.05, 3.63) is 17.7 Å². The van der Waals surface area contributed by atoms with E-state index < -0.39 is 0 Å². The van der Waals surface area contributed by atoms with E-state index in [9.17, 15) is 0 Å². The van der Waals surface area contributed by atoms with Crippen LogP contribution in [0.25, 0.3) is 0 Å². The zero-order valence-electron chi connectivity index (χ0n) is 10.5. The van der Waals surface area contributed by atoms with E-state index >= 15 is 0 Å². The van der Waals surface area contributed by atoms with Gasteiger partial charge in [0.05, 0.1) is 0 Å². The lowest BCUT2D eigenvalue weighted by Crippen LogP contribution is -2.21. The molecule has 0 aliphatic carbocycles. The standard InChI is InChI=1S/C11H13ClN6S/c1-17-7-4-13-11(17)19-10-15-8(12)14-9(16-10)18-5-2-3-6-18/h4,7H,2-3,5-6H2,1H3. The van der Waals surface area contributed by atoms with Crippen LogP contribution in [0.1, 0.15) is 12.8 Å². The molecule has 0 N–H and O–H groups in total. The summed E-state index contributed by atoms with van der Waals surface area (Å²) in [6.45, 7) is 1.96. The van der Waals surface area contributed by atoms with Gasteiger partial charge in [-0.15, -0.1) is 0 Å². The van der Waals surface area contributed by atoms with E-state index in [4.69, 9.17) is 11.6 Å². The van der Waals surface area contributed by atoms with Crippen LogP contribution in [-0.4, -0.2) is 37.6 Å². The Labute approximate surface area is 120 Å². The number of hydrogen-bond donors (Lipinski definition) is 0. The minimum absolute atomic E-state index is 0.230. The summed E-state index contributed by atoms with van der Waals surface area (Å²) in [7, 11) is 1.93. The quantitative estimate of drug-likeness (QED) is 0.863. The summed E-state index contributed by atoms with van der Waals surface area (Å²) in [5.74, 6) is 0.661. The van der Waals surface area contributed by atoms with Crippen molar-refractivity contribution in [2.75, 3.05) is 18.0 Å². The Morgan fingerprint density at radius 2 is 2.00 bits per heavy atom. The summed E-state index contributed by atoms with van der Waals surface area (Å²) in [5, 5.41) is 1.64. The average Bonchev–Trinajstić information content (AvgIpc) is 3.01. The molecule has 19 heavy (non-hydrogen) atoms. The monoisotopic (exact) mass is 296 g/mol. The molecule has 0 atom stereocenters. The van der Waals surface area contributed by atoms with Crippen LogP contribution in [0.4, 0.5) is 5.95 Å². The molecule has 2 aromatic rings. The first-order valence-corrected chi connectivity index (χ1v) is 7.23. The number of aryl methyl sites for hydroxylation is 1. The molecule has 6 nitrogen and oxygen atoms in total. The number of imidazole rings is 1. The Hall–Kier alpha value is -1.34. The number of halogens is 1. The molecule has 0 bridgehead atoms. The summed E-state index contributed by atoms with van der Waals surface area (Å²) >= 11 is 7.37. The van der Waals surface area contributed by atoms with Gasteiger partial charge in [-0.25, -0.2) is 4.98 Å². The fourth-order valence-corrected chi connectivity index (χ4v) is 2.90. The molecule has 1 aliphatic rings. The molecule has 0 saturated carbocycles. The predicted octanol–water partition coefficient (Wildman–Crippen LogP) is 2.01. The Balaban J connectivity index is 1.87. The number of aromatic nitrogens is 5. The molecule has 8 heteroatoms. The summed E-state index contributed by atoms with van der Waals surface area (Å²) in [4.78, 5) is 19.2. The van der Waals surface area contributed by atoms with Gasteiger partial charge in [0, 0.05) is 32.5 Å². The van der Waals surface area contributed by atoms with Crippen molar-refractivity contribution >= 4 is 29.3 Å². The molecule has 1 aliphatic heterocycles. The van der Waals surface area contributed by atoms with Crippen molar-refractivity contribution in [3.63, 3.8) is 0 Å². The SMILES string of the molecule is Cn1ccnc1Sc1nc(Cl)nc(N2CCCC2)n1. The third-order valence-corrected chi connectivity index (χ3v) is 4.03. The smallest absolute Gasteiger partial charge is 0.230 e. The van der Waals surface area contributed by atoms with E-state index in [0.717, 1.165) is 18.2 Å². The third kappa shape index (κ3) is 2.82. The topological polar surface area (TPSA) is 59.7 Å². The second-order valence-corrected chi connectivity index (χ2v) is 5.58. The fourth-order valence-electron chi connectivity index (χ4n) is 1.96. The van der Waals surface area contributed by atoms with E-state index in [1.54, 1.807) is 6.20 Å². The summed E-state index contributed by atoms with van der Waals surface area (Å²) < 4.78 is 1.91. The highest BCUT2D eigenvalue weighted by molar-refractivity contribution is 7.99. The number of rotatable bonds is 3. The molecule has 0 aromatic carbocycles. The molecule has 1 fully saturated rings. The Morgan fingerprint density at radius 1 is 1.21 bits per heavy atom. The Kier molecular flexibility index (Phi) is 3.56. The van der Waals surface area contributed by atoms with Crippen LogP contribution in [0.5, 0.6) is 0 Å². The molecular formula is C11H13ClN6S. The van der Waals surface area contributed by atoms with Gasteiger partial charge in [0.1, 0.15) is 0 Å². The van der Waals surface area contributed by atoms with Crippen molar-refractivity contribution in [1.82, 2.24) is 24.5 Å². The molecule has 0 radical (unpaired) electrons. The second-order valence-electron chi connectivity index (χ2n) is 4.30. The molecule has 100 valence electrons. The Morgan fingerprint density at radius 3 is 2.68 bits per heavy atom. The summed E-state index contributed by atoms with van der Waals surface area (Å²) in [6.07, 6.45) is 5.97. The van der Waals surface area contributed by atoms with Crippen LogP contribution >= 0.6 is 23.4 Å². The first kappa shape index (κ1) is 12.7. The van der Waals surface area contributed by atoms with E-state index in [2.05, 4.69) is 24.8 Å². The minimum atomic E-state index is 0.230. The molecule has 0 spiro atoms. The number of anilines is 1. The van der Waals surface area contributed by atoms with Gasteiger partial charge in [-0.1, -0.05) is 0 Å². The molecular weight excluding hydrogens is 284 g/mol. The van der Waals surface area contributed by atoms with Crippen LogP contribution < -0.4 is 4.90 Å². The summed E-state index contributed by atoms with van der Waals surface area (Å²) in [5.41, 5.74) is 0. The highest BCUT2D eigenvalue weighted by atomic mass is 35.5. The first-order chi connectivity index (χ1) is 9.22. The van der Waals surface area contributed by atoms with Crippen LogP contribution in [0.2, 0.25) is 5.28 Å². The van der Waals surface area contributed by atoms with E-state index in [1.165, 1.54) is 24.6 Å². The highest BCUT2D eigenvalue weighted by Crippen LogP contribution is 2.25. The summed E-state index contributed by atoms with van der Waals surface area (Å²) in [6, 6.07) is 0. The largest absolute Gasteiger partial charge is 0.341 e. The Bertz CT molecular complexity index is 580. The molecule has 3 rings (SSSR count). The van der Waals surface area contributed by atoms with Crippen molar-refractivity contribution in [2.45, 2.75) is 23.2 Å². The van der Waals surface area contributed by atoms with Crippen LogP contribution in [-0.2, 0) is 7.05 Å². The normalized spacial score (nSPS) is 15.2. The average molecular weight is 297 g/mol. The lowest BCUT2D eigenvalue weighted by atomic mass is 10.4. The molecule has 0 unspecified atom stereocenters. The van der Waals surface area contributed by atoms with Crippen molar-refractivity contribution in [3.8, 4) is 0 Å². The zero-order chi connectivity index (χ0) is 13.2. The minimum Gasteiger partial charge on any atom is -0.341 e. The van der Waals surface area contributed by atoms with Gasteiger partial charge in [-0.05, 0) is 36.2 Å². The van der Waals surface area contributed by atoms with Gasteiger partial charge < -0.3 is 9.47 Å². The fraction of sp³-hybridized carbons (Fsp3) is 0.455. The first-order valence-electron chi connectivity index (χ1n) is 6.04. The lowest BCUT2D eigenvalue weighted by Gasteiger charge is -2.15. The van der Waals surface area contributed by atoms with Gasteiger partial charge in [0.25, 0.3) is 0 Å². The maximum absolute atomic E-state index is 5.98. The lowest BCUT2D eigenvalue weighted by molar-refractivity contribution is 0.779. The van der Waals surface area contributed by atoms with E-state index in [1.807, 2.05) is 17.8 Å². The maximum Gasteiger partial charge on any atom is 0.230 e. The van der Waals surface area contributed by atoms with Crippen LogP contribution in [0, 0.1) is 0 Å². The van der Waals surface area contributed by atoms with Gasteiger partial charge >= 0.3 is 0 Å². The predicted molar refractivity (Wildman–Crippen MR) is 73.6 cm³/mol. The van der Waals surface area contributed by atoms with Crippen LogP contribution in [0.3, 0.4) is 0 Å². The maximum atomic E-state index is 5.98. The molecule has 3 heterocycles. The van der Waals surface area contributed by atoms with Gasteiger partial charge in [0.2, 0.25) is 16.4 Å².